The van der Waals surface area contributed by atoms with Gasteiger partial charge in [0.15, 0.2) is 0 Å². The van der Waals surface area contributed by atoms with E-state index in [0.29, 0.717) is 5.75 Å². The Morgan fingerprint density at radius 1 is 1.64 bits per heavy atom. The quantitative estimate of drug-likeness (QED) is 0.736. The maximum Gasteiger partial charge on any atom is 0.323 e. The number of fused-ring (bicyclic) bond motifs is 1. The van der Waals surface area contributed by atoms with Gasteiger partial charge in [-0.25, -0.2) is 4.79 Å². The molecule has 0 saturated carbocycles. The van der Waals surface area contributed by atoms with E-state index in [1.165, 1.54) is 4.57 Å². The lowest BCUT2D eigenvalue weighted by atomic mass is 10.2. The van der Waals surface area contributed by atoms with Crippen molar-refractivity contribution >= 4 is 16.9 Å². The van der Waals surface area contributed by atoms with Crippen LogP contribution in [0.25, 0.3) is 10.9 Å². The third-order valence-electron chi connectivity index (χ3n) is 2.05. The number of ether oxygens (including phenoxy) is 1. The molecule has 2 rings (SSSR count). The van der Waals surface area contributed by atoms with Crippen LogP contribution in [0.2, 0.25) is 0 Å². The van der Waals surface area contributed by atoms with E-state index < -0.39 is 6.03 Å². The summed E-state index contributed by atoms with van der Waals surface area (Å²) in [6, 6.07) is 7.67. The van der Waals surface area contributed by atoms with Crippen LogP contribution in [0.1, 0.15) is 0 Å². The third-order valence-corrected chi connectivity index (χ3v) is 2.05. The van der Waals surface area contributed by atoms with Gasteiger partial charge in [-0.2, -0.15) is 0 Å². The summed E-state index contributed by atoms with van der Waals surface area (Å²) in [4.78, 5) is 11.0. The van der Waals surface area contributed by atoms with Gasteiger partial charge in [-0.15, -0.1) is 0 Å². The number of hydrogen-bond acceptors (Lipinski definition) is 2. The van der Waals surface area contributed by atoms with Gasteiger partial charge in [0, 0.05) is 17.6 Å². The molecule has 14 heavy (non-hydrogen) atoms. The van der Waals surface area contributed by atoms with Gasteiger partial charge in [0.25, 0.3) is 0 Å². The number of carbonyl (C=O) groups excluding carboxylic acids is 1. The molecule has 2 N–H and O–H groups in total. The number of carbonyl (C=O) groups is 1. The molecule has 1 radical (unpaired) electrons. The number of rotatable bonds is 1. The number of hydrogen-bond donors (Lipinski definition) is 1. The third kappa shape index (κ3) is 1.21. The minimum atomic E-state index is -0.501. The number of nitrogens with zero attached hydrogens (tertiary/aromatic N) is 1. The molecule has 4 nitrogen and oxygen atoms in total. The fourth-order valence-electron chi connectivity index (χ4n) is 1.37. The van der Waals surface area contributed by atoms with Gasteiger partial charge >= 0.3 is 6.03 Å². The first-order chi connectivity index (χ1) is 6.72. The molecule has 1 aromatic heterocycles. The van der Waals surface area contributed by atoms with E-state index in [1.807, 2.05) is 0 Å². The highest BCUT2D eigenvalue weighted by molar-refractivity contribution is 5.91. The molecule has 0 aliphatic heterocycles. The van der Waals surface area contributed by atoms with Crippen molar-refractivity contribution in [1.29, 1.82) is 0 Å². The number of benzene rings is 1. The average molecular weight is 189 g/mol. The SMILES string of the molecule is COc1[c]cc2c(ccn2C(N)=O)c1. The van der Waals surface area contributed by atoms with Crippen molar-refractivity contribution in [2.24, 2.45) is 5.73 Å². The minimum absolute atomic E-state index is 0.501. The summed E-state index contributed by atoms with van der Waals surface area (Å²) in [6.45, 7) is 0. The van der Waals surface area contributed by atoms with Crippen LogP contribution in [-0.2, 0) is 0 Å². The largest absolute Gasteiger partial charge is 0.496 e. The molecule has 71 valence electrons. The number of amides is 1. The predicted octanol–water partition coefficient (Wildman–Crippen LogP) is 1.38. The second kappa shape index (κ2) is 3.06. The molecule has 2 aromatic rings. The Hall–Kier alpha value is -1.97. The number of primary amides is 1. The first kappa shape index (κ1) is 8.62. The van der Waals surface area contributed by atoms with Crippen LogP contribution in [0.5, 0.6) is 5.75 Å². The molecule has 0 aliphatic carbocycles. The Kier molecular flexibility index (Phi) is 1.89. The van der Waals surface area contributed by atoms with Crippen molar-refractivity contribution in [3.05, 3.63) is 30.5 Å². The summed E-state index contributed by atoms with van der Waals surface area (Å²) in [7, 11) is 1.57. The second-order valence-corrected chi connectivity index (χ2v) is 2.87. The Morgan fingerprint density at radius 3 is 3.07 bits per heavy atom. The van der Waals surface area contributed by atoms with Crippen molar-refractivity contribution in [2.75, 3.05) is 7.11 Å². The van der Waals surface area contributed by atoms with Crippen LogP contribution in [0, 0.1) is 6.07 Å². The molecule has 0 bridgehead atoms. The highest BCUT2D eigenvalue weighted by Gasteiger charge is 2.05. The van der Waals surface area contributed by atoms with Crippen LogP contribution in [-0.4, -0.2) is 17.7 Å². The van der Waals surface area contributed by atoms with E-state index in [1.54, 1.807) is 31.5 Å². The maximum atomic E-state index is 11.0. The standard InChI is InChI=1S/C10H9N2O2/c1-14-8-2-3-9-7(6-8)4-5-12(9)10(11)13/h3-6H,1H3,(H2,11,13). The zero-order chi connectivity index (χ0) is 10.1. The summed E-state index contributed by atoms with van der Waals surface area (Å²) < 4.78 is 6.38. The molecule has 1 amide bonds. The molecular weight excluding hydrogens is 180 g/mol. The van der Waals surface area contributed by atoms with Gasteiger partial charge < -0.3 is 10.5 Å². The van der Waals surface area contributed by atoms with Gasteiger partial charge in [-0.05, 0) is 18.2 Å². The average Bonchev–Trinajstić information content (AvgIpc) is 2.59. The second-order valence-electron chi connectivity index (χ2n) is 2.87. The van der Waals surface area contributed by atoms with E-state index in [2.05, 4.69) is 6.07 Å². The zero-order valence-electron chi connectivity index (χ0n) is 7.65. The van der Waals surface area contributed by atoms with Gasteiger partial charge in [0.2, 0.25) is 0 Å². The van der Waals surface area contributed by atoms with Crippen LogP contribution in [0.15, 0.2) is 24.4 Å². The number of nitrogens with two attached hydrogens (primary N) is 1. The molecule has 1 aromatic carbocycles. The van der Waals surface area contributed by atoms with E-state index in [9.17, 15) is 4.79 Å². The summed E-state index contributed by atoms with van der Waals surface area (Å²) in [5.74, 6) is 0.639. The summed E-state index contributed by atoms with van der Waals surface area (Å²) in [5.41, 5.74) is 5.91. The molecular formula is C10H9N2O2. The van der Waals surface area contributed by atoms with Gasteiger partial charge in [-0.1, -0.05) is 0 Å². The first-order valence-corrected chi connectivity index (χ1v) is 4.09. The number of aromatic nitrogens is 1. The Morgan fingerprint density at radius 2 is 2.43 bits per heavy atom. The molecule has 0 saturated heterocycles. The van der Waals surface area contributed by atoms with E-state index >= 15 is 0 Å². The van der Waals surface area contributed by atoms with E-state index in [4.69, 9.17) is 10.5 Å². The fraction of sp³-hybridized carbons (Fsp3) is 0.100. The topological polar surface area (TPSA) is 57.2 Å². The predicted molar refractivity (Wildman–Crippen MR) is 52.3 cm³/mol. The van der Waals surface area contributed by atoms with Crippen molar-refractivity contribution < 1.29 is 9.53 Å². The summed E-state index contributed by atoms with van der Waals surface area (Å²) in [5, 5.41) is 0.902. The molecule has 0 unspecified atom stereocenters. The van der Waals surface area contributed by atoms with Crippen molar-refractivity contribution in [1.82, 2.24) is 4.57 Å². The van der Waals surface area contributed by atoms with Gasteiger partial charge in [0.1, 0.15) is 5.75 Å². The van der Waals surface area contributed by atoms with Crippen molar-refractivity contribution in [3.63, 3.8) is 0 Å². The first-order valence-electron chi connectivity index (χ1n) is 4.09. The van der Waals surface area contributed by atoms with E-state index in [-0.39, 0.29) is 0 Å². The molecule has 0 spiro atoms. The lowest BCUT2D eigenvalue weighted by Gasteiger charge is -2.00. The smallest absolute Gasteiger partial charge is 0.323 e. The summed E-state index contributed by atoms with van der Waals surface area (Å²) in [6.07, 6.45) is 1.63. The molecule has 0 aliphatic rings. The van der Waals surface area contributed by atoms with Gasteiger partial charge in [0.05, 0.1) is 12.6 Å². The molecule has 0 atom stereocenters. The van der Waals surface area contributed by atoms with Crippen LogP contribution in [0.3, 0.4) is 0 Å². The van der Waals surface area contributed by atoms with Gasteiger partial charge in [-0.3, -0.25) is 4.57 Å². The summed E-state index contributed by atoms with van der Waals surface area (Å²) >= 11 is 0. The Balaban J connectivity index is 2.65. The Labute approximate surface area is 80.9 Å². The maximum absolute atomic E-state index is 11.0. The van der Waals surface area contributed by atoms with Crippen molar-refractivity contribution in [3.8, 4) is 5.75 Å². The molecule has 0 fully saturated rings. The highest BCUT2D eigenvalue weighted by Crippen LogP contribution is 2.20. The van der Waals surface area contributed by atoms with E-state index in [0.717, 1.165) is 10.9 Å². The zero-order valence-corrected chi connectivity index (χ0v) is 7.65. The fourth-order valence-corrected chi connectivity index (χ4v) is 1.37. The lowest BCUT2D eigenvalue weighted by molar-refractivity contribution is 0.251. The number of methoxy groups -OCH3 is 1. The van der Waals surface area contributed by atoms with Crippen LogP contribution >= 0.6 is 0 Å². The van der Waals surface area contributed by atoms with Crippen LogP contribution in [0.4, 0.5) is 4.79 Å². The van der Waals surface area contributed by atoms with Crippen molar-refractivity contribution in [2.45, 2.75) is 0 Å². The molecule has 4 heteroatoms. The Bertz CT molecular complexity index is 488. The monoisotopic (exact) mass is 189 g/mol. The normalized spacial score (nSPS) is 10.4. The lowest BCUT2D eigenvalue weighted by Crippen LogP contribution is -2.17. The minimum Gasteiger partial charge on any atom is -0.496 e. The van der Waals surface area contributed by atoms with Crippen LogP contribution < -0.4 is 10.5 Å². The molecule has 1 heterocycles. The highest BCUT2D eigenvalue weighted by atomic mass is 16.5.